The van der Waals surface area contributed by atoms with Crippen LogP contribution in [-0.2, 0) is 4.84 Å². The van der Waals surface area contributed by atoms with Gasteiger partial charge in [0.1, 0.15) is 0 Å². The minimum atomic E-state index is -0.255. The van der Waals surface area contributed by atoms with Crippen LogP contribution in [0.3, 0.4) is 0 Å². The third-order valence-electron chi connectivity index (χ3n) is 2.73. The number of nitrogens with one attached hydrogen (secondary N) is 1. The van der Waals surface area contributed by atoms with Crippen LogP contribution in [0.4, 0.5) is 0 Å². The van der Waals surface area contributed by atoms with E-state index in [1.807, 2.05) is 39.8 Å². The second kappa shape index (κ2) is 6.81. The average molecular weight is 283 g/mol. The zero-order valence-electron chi connectivity index (χ0n) is 13.4. The topological polar surface area (TPSA) is 49.0 Å². The second-order valence-electron chi connectivity index (χ2n) is 5.51. The van der Waals surface area contributed by atoms with Gasteiger partial charge in [0.15, 0.2) is 11.5 Å². The largest absolute Gasteiger partial charge is 0.493 e. The highest BCUT2D eigenvalue weighted by Gasteiger charge is 2.18. The van der Waals surface area contributed by atoms with Crippen molar-refractivity contribution in [3.63, 3.8) is 0 Å². The fourth-order valence-corrected chi connectivity index (χ4v) is 1.68. The third kappa shape index (κ3) is 4.28. The predicted molar refractivity (Wildman–Crippen MR) is 78.5 cm³/mol. The van der Waals surface area contributed by atoms with E-state index in [9.17, 15) is 0 Å². The van der Waals surface area contributed by atoms with Crippen LogP contribution in [0.5, 0.6) is 17.2 Å². The van der Waals surface area contributed by atoms with Gasteiger partial charge < -0.3 is 14.2 Å². The van der Waals surface area contributed by atoms with Gasteiger partial charge in [-0.15, -0.1) is 0 Å². The summed E-state index contributed by atoms with van der Waals surface area (Å²) in [6, 6.07) is 3.80. The van der Waals surface area contributed by atoms with Crippen LogP contribution in [0, 0.1) is 0 Å². The van der Waals surface area contributed by atoms with Crippen molar-refractivity contribution in [2.24, 2.45) is 0 Å². The molecule has 0 aromatic heterocycles. The average Bonchev–Trinajstić information content (AvgIpc) is 2.42. The van der Waals surface area contributed by atoms with Crippen molar-refractivity contribution < 1.29 is 19.0 Å². The highest BCUT2D eigenvalue weighted by molar-refractivity contribution is 5.54. The normalized spacial score (nSPS) is 12.9. The number of ether oxygens (including phenoxy) is 3. The highest BCUT2D eigenvalue weighted by atomic mass is 16.7. The zero-order valence-corrected chi connectivity index (χ0v) is 13.4. The summed E-state index contributed by atoms with van der Waals surface area (Å²) in [7, 11) is 4.79. The third-order valence-corrected chi connectivity index (χ3v) is 2.73. The number of rotatable bonds is 6. The van der Waals surface area contributed by atoms with Gasteiger partial charge in [-0.1, -0.05) is 0 Å². The molecule has 20 heavy (non-hydrogen) atoms. The van der Waals surface area contributed by atoms with Crippen molar-refractivity contribution in [2.75, 3.05) is 21.3 Å². The Morgan fingerprint density at radius 1 is 0.950 bits per heavy atom. The molecule has 1 rings (SSSR count). The highest BCUT2D eigenvalue weighted by Crippen LogP contribution is 2.39. The van der Waals surface area contributed by atoms with Crippen LogP contribution in [0.2, 0.25) is 0 Å². The van der Waals surface area contributed by atoms with Gasteiger partial charge in [-0.25, -0.2) is 0 Å². The Morgan fingerprint density at radius 2 is 1.45 bits per heavy atom. The number of hydrogen-bond donors (Lipinski definition) is 1. The van der Waals surface area contributed by atoms with E-state index in [-0.39, 0.29) is 11.6 Å². The number of hydrogen-bond acceptors (Lipinski definition) is 5. The van der Waals surface area contributed by atoms with Crippen LogP contribution in [-0.4, -0.2) is 26.9 Å². The van der Waals surface area contributed by atoms with Crippen molar-refractivity contribution in [1.82, 2.24) is 5.48 Å². The van der Waals surface area contributed by atoms with Crippen molar-refractivity contribution in [3.8, 4) is 17.2 Å². The standard InChI is InChI=1S/C15H25NO4/c1-10(16-20-15(2,3)4)11-8-12(17-5)14(19-7)13(9-11)18-6/h8-10,16H,1-7H3. The Morgan fingerprint density at radius 3 is 1.80 bits per heavy atom. The molecule has 1 atom stereocenters. The second-order valence-corrected chi connectivity index (χ2v) is 5.51. The Balaban J connectivity index is 3.00. The summed E-state index contributed by atoms with van der Waals surface area (Å²) in [6.07, 6.45) is 0. The molecule has 5 nitrogen and oxygen atoms in total. The van der Waals surface area contributed by atoms with Gasteiger partial charge >= 0.3 is 0 Å². The first-order valence-electron chi connectivity index (χ1n) is 6.55. The monoisotopic (exact) mass is 283 g/mol. The van der Waals surface area contributed by atoms with Gasteiger partial charge in [0.25, 0.3) is 0 Å². The van der Waals surface area contributed by atoms with Crippen molar-refractivity contribution in [1.29, 1.82) is 0 Å². The van der Waals surface area contributed by atoms with Crippen molar-refractivity contribution >= 4 is 0 Å². The molecule has 0 heterocycles. The maximum absolute atomic E-state index is 5.59. The van der Waals surface area contributed by atoms with Gasteiger partial charge in [-0.05, 0) is 45.4 Å². The minimum Gasteiger partial charge on any atom is -0.493 e. The maximum Gasteiger partial charge on any atom is 0.203 e. The molecule has 1 aromatic carbocycles. The lowest BCUT2D eigenvalue weighted by molar-refractivity contribution is -0.0866. The van der Waals surface area contributed by atoms with Crippen molar-refractivity contribution in [2.45, 2.75) is 39.3 Å². The van der Waals surface area contributed by atoms with E-state index in [0.29, 0.717) is 17.2 Å². The Kier molecular flexibility index (Phi) is 5.65. The summed E-state index contributed by atoms with van der Waals surface area (Å²) in [5, 5.41) is 0. The van der Waals surface area contributed by atoms with Crippen LogP contribution < -0.4 is 19.7 Å². The number of hydroxylamine groups is 1. The van der Waals surface area contributed by atoms with Crippen LogP contribution in [0.25, 0.3) is 0 Å². The molecule has 0 saturated carbocycles. The van der Waals surface area contributed by atoms with Gasteiger partial charge in [-0.2, -0.15) is 5.48 Å². The first kappa shape index (κ1) is 16.6. The Hall–Kier alpha value is -1.46. The molecule has 1 N–H and O–H groups in total. The molecule has 0 amide bonds. The maximum atomic E-state index is 5.59. The molecule has 114 valence electrons. The SMILES string of the molecule is COc1cc(C(C)NOC(C)(C)C)cc(OC)c1OC. The van der Waals surface area contributed by atoms with E-state index in [1.54, 1.807) is 21.3 Å². The Bertz CT molecular complexity index is 415. The number of benzene rings is 1. The minimum absolute atomic E-state index is 0.0112. The first-order chi connectivity index (χ1) is 9.32. The molecule has 1 aromatic rings. The van der Waals surface area contributed by atoms with E-state index in [2.05, 4.69) is 5.48 Å². The predicted octanol–water partition coefficient (Wildman–Crippen LogP) is 3.09. The Labute approximate surface area is 121 Å². The number of methoxy groups -OCH3 is 3. The molecule has 0 saturated heterocycles. The molecule has 0 aliphatic rings. The molecular formula is C15H25NO4. The molecule has 0 bridgehead atoms. The fraction of sp³-hybridized carbons (Fsp3) is 0.600. The van der Waals surface area contributed by atoms with Crippen molar-refractivity contribution in [3.05, 3.63) is 17.7 Å². The molecule has 1 unspecified atom stereocenters. The van der Waals surface area contributed by atoms with Gasteiger partial charge in [-0.3, -0.25) is 4.84 Å². The summed E-state index contributed by atoms with van der Waals surface area (Å²) in [5.74, 6) is 1.85. The summed E-state index contributed by atoms with van der Waals surface area (Å²) in [6.45, 7) is 7.97. The summed E-state index contributed by atoms with van der Waals surface area (Å²) < 4.78 is 16.0. The first-order valence-corrected chi connectivity index (χ1v) is 6.55. The fourth-order valence-electron chi connectivity index (χ4n) is 1.68. The van der Waals surface area contributed by atoms with E-state index in [1.165, 1.54) is 0 Å². The molecular weight excluding hydrogens is 258 g/mol. The zero-order chi connectivity index (χ0) is 15.3. The van der Waals surface area contributed by atoms with Gasteiger partial charge in [0.05, 0.1) is 33.0 Å². The lowest BCUT2D eigenvalue weighted by Gasteiger charge is -2.24. The molecule has 0 spiro atoms. The smallest absolute Gasteiger partial charge is 0.203 e. The van der Waals surface area contributed by atoms with E-state index in [0.717, 1.165) is 5.56 Å². The van der Waals surface area contributed by atoms with Gasteiger partial charge in [0, 0.05) is 0 Å². The van der Waals surface area contributed by atoms with E-state index >= 15 is 0 Å². The molecule has 0 radical (unpaired) electrons. The summed E-state index contributed by atoms with van der Waals surface area (Å²) in [5.41, 5.74) is 3.76. The molecule has 0 aliphatic carbocycles. The van der Waals surface area contributed by atoms with Crippen LogP contribution in [0.15, 0.2) is 12.1 Å². The molecule has 0 aliphatic heterocycles. The lowest BCUT2D eigenvalue weighted by Crippen LogP contribution is -2.31. The van der Waals surface area contributed by atoms with Gasteiger partial charge in [0.2, 0.25) is 5.75 Å². The lowest BCUT2D eigenvalue weighted by atomic mass is 10.1. The van der Waals surface area contributed by atoms with E-state index in [4.69, 9.17) is 19.0 Å². The van der Waals surface area contributed by atoms with Crippen LogP contribution >= 0.6 is 0 Å². The quantitative estimate of drug-likeness (QED) is 0.813. The van der Waals surface area contributed by atoms with Crippen LogP contribution in [0.1, 0.15) is 39.3 Å². The summed E-state index contributed by atoms with van der Waals surface area (Å²) >= 11 is 0. The molecule has 0 fully saturated rings. The molecule has 5 heteroatoms. The summed E-state index contributed by atoms with van der Waals surface area (Å²) in [4.78, 5) is 5.59. The van der Waals surface area contributed by atoms with E-state index < -0.39 is 0 Å².